The van der Waals surface area contributed by atoms with Crippen LogP contribution in [0.15, 0.2) is 77.9 Å². The smallest absolute Gasteiger partial charge is 0.283 e. The molecular formula is C23H15F3N4O. The van der Waals surface area contributed by atoms with E-state index >= 15 is 0 Å². The maximum absolute atomic E-state index is 13.5. The van der Waals surface area contributed by atoms with Gasteiger partial charge in [0.15, 0.2) is 5.65 Å². The van der Waals surface area contributed by atoms with E-state index in [1.165, 1.54) is 30.6 Å². The highest BCUT2D eigenvalue weighted by Crippen LogP contribution is 2.33. The summed E-state index contributed by atoms with van der Waals surface area (Å²) in [5.74, 6) is 0. The van der Waals surface area contributed by atoms with Crippen LogP contribution in [0.1, 0.15) is 11.3 Å². The summed E-state index contributed by atoms with van der Waals surface area (Å²) in [5.41, 5.74) is 1.85. The number of pyridine rings is 1. The van der Waals surface area contributed by atoms with Crippen LogP contribution in [0.25, 0.3) is 33.4 Å². The number of para-hydroxylation sites is 1. The third-order valence-corrected chi connectivity index (χ3v) is 5.22. The molecule has 5 rings (SSSR count). The number of hydrogen-bond acceptors (Lipinski definition) is 3. The SMILES string of the molecule is Cc1nn2c(ncc3c(=O)n(-c4ccccc4C(F)(F)F)ccc32)c1-c1ccccc1. The molecule has 0 aliphatic carbocycles. The molecule has 8 heteroatoms. The fourth-order valence-electron chi connectivity index (χ4n) is 3.83. The van der Waals surface area contributed by atoms with Gasteiger partial charge in [0.25, 0.3) is 5.56 Å². The molecule has 31 heavy (non-hydrogen) atoms. The molecule has 2 aromatic carbocycles. The Labute approximate surface area is 174 Å². The van der Waals surface area contributed by atoms with Crippen molar-refractivity contribution in [2.45, 2.75) is 13.1 Å². The van der Waals surface area contributed by atoms with Crippen molar-refractivity contribution in [1.29, 1.82) is 0 Å². The first-order valence-corrected chi connectivity index (χ1v) is 9.48. The number of aromatic nitrogens is 4. The molecule has 0 fully saturated rings. The maximum Gasteiger partial charge on any atom is 0.418 e. The number of benzene rings is 2. The normalized spacial score (nSPS) is 12.0. The summed E-state index contributed by atoms with van der Waals surface area (Å²) in [4.78, 5) is 17.6. The Morgan fingerprint density at radius 3 is 2.39 bits per heavy atom. The van der Waals surface area contributed by atoms with Crippen LogP contribution >= 0.6 is 0 Å². The quantitative estimate of drug-likeness (QED) is 0.403. The Hall–Kier alpha value is -3.94. The van der Waals surface area contributed by atoms with E-state index in [2.05, 4.69) is 10.1 Å². The molecule has 0 amide bonds. The summed E-state index contributed by atoms with van der Waals surface area (Å²) >= 11 is 0. The first-order chi connectivity index (χ1) is 14.9. The minimum absolute atomic E-state index is 0.175. The van der Waals surface area contributed by atoms with Crippen molar-refractivity contribution < 1.29 is 13.2 Å². The number of halogens is 3. The summed E-state index contributed by atoms with van der Waals surface area (Å²) in [5, 5.41) is 4.72. The fourth-order valence-corrected chi connectivity index (χ4v) is 3.83. The average Bonchev–Trinajstić information content (AvgIpc) is 3.10. The van der Waals surface area contributed by atoms with E-state index < -0.39 is 17.3 Å². The van der Waals surface area contributed by atoms with E-state index in [4.69, 9.17) is 0 Å². The third kappa shape index (κ3) is 2.99. The second kappa shape index (κ2) is 6.80. The molecule has 0 unspecified atom stereocenters. The van der Waals surface area contributed by atoms with Gasteiger partial charge in [-0.1, -0.05) is 42.5 Å². The molecule has 0 atom stereocenters. The topological polar surface area (TPSA) is 52.2 Å². The third-order valence-electron chi connectivity index (χ3n) is 5.22. The van der Waals surface area contributed by atoms with Crippen LogP contribution in [-0.4, -0.2) is 19.2 Å². The Kier molecular flexibility index (Phi) is 4.18. The van der Waals surface area contributed by atoms with Gasteiger partial charge in [-0.25, -0.2) is 9.50 Å². The molecule has 5 nitrogen and oxygen atoms in total. The predicted octanol–water partition coefficient (Wildman–Crippen LogP) is 5.03. The van der Waals surface area contributed by atoms with Gasteiger partial charge in [-0.2, -0.15) is 18.3 Å². The lowest BCUT2D eigenvalue weighted by molar-refractivity contribution is -0.137. The molecule has 0 N–H and O–H groups in total. The maximum atomic E-state index is 13.5. The van der Waals surface area contributed by atoms with Gasteiger partial charge in [0.2, 0.25) is 0 Å². The lowest BCUT2D eigenvalue weighted by atomic mass is 10.1. The molecule has 0 saturated carbocycles. The summed E-state index contributed by atoms with van der Waals surface area (Å²) in [7, 11) is 0. The fraction of sp³-hybridized carbons (Fsp3) is 0.0870. The molecule has 0 radical (unpaired) electrons. The summed E-state index contributed by atoms with van der Waals surface area (Å²) in [6, 6.07) is 16.2. The highest BCUT2D eigenvalue weighted by Gasteiger charge is 2.34. The second-order valence-electron chi connectivity index (χ2n) is 7.12. The lowest BCUT2D eigenvalue weighted by Crippen LogP contribution is -2.22. The summed E-state index contributed by atoms with van der Waals surface area (Å²) in [6.45, 7) is 1.85. The van der Waals surface area contributed by atoms with Crippen LogP contribution in [0.4, 0.5) is 13.2 Å². The van der Waals surface area contributed by atoms with Gasteiger partial charge < -0.3 is 0 Å². The van der Waals surface area contributed by atoms with E-state index in [-0.39, 0.29) is 11.1 Å². The molecule has 0 aliphatic rings. The molecule has 5 aromatic rings. The average molecular weight is 420 g/mol. The van der Waals surface area contributed by atoms with Gasteiger partial charge in [-0.3, -0.25) is 9.36 Å². The van der Waals surface area contributed by atoms with Crippen LogP contribution in [0, 0.1) is 6.92 Å². The minimum atomic E-state index is -4.59. The summed E-state index contributed by atoms with van der Waals surface area (Å²) < 4.78 is 42.9. The number of aryl methyl sites for hydroxylation is 1. The second-order valence-corrected chi connectivity index (χ2v) is 7.12. The number of fused-ring (bicyclic) bond motifs is 3. The first-order valence-electron chi connectivity index (χ1n) is 9.48. The Bertz CT molecular complexity index is 1500. The molecule has 0 aliphatic heterocycles. The van der Waals surface area contributed by atoms with Gasteiger partial charge in [0.05, 0.1) is 27.8 Å². The molecule has 3 aromatic heterocycles. The van der Waals surface area contributed by atoms with E-state index in [9.17, 15) is 18.0 Å². The van der Waals surface area contributed by atoms with Crippen molar-refractivity contribution in [3.05, 3.63) is 94.7 Å². The number of hydrogen-bond donors (Lipinski definition) is 0. The molecular weight excluding hydrogens is 405 g/mol. The van der Waals surface area contributed by atoms with Gasteiger partial charge in [-0.15, -0.1) is 0 Å². The zero-order valence-electron chi connectivity index (χ0n) is 16.3. The van der Waals surface area contributed by atoms with Crippen molar-refractivity contribution in [1.82, 2.24) is 19.2 Å². The Balaban J connectivity index is 1.77. The van der Waals surface area contributed by atoms with Crippen molar-refractivity contribution in [2.75, 3.05) is 0 Å². The molecule has 0 bridgehead atoms. The predicted molar refractivity (Wildman–Crippen MR) is 111 cm³/mol. The zero-order valence-corrected chi connectivity index (χ0v) is 16.3. The van der Waals surface area contributed by atoms with Crippen molar-refractivity contribution in [3.8, 4) is 16.8 Å². The van der Waals surface area contributed by atoms with Crippen LogP contribution in [0.2, 0.25) is 0 Å². The largest absolute Gasteiger partial charge is 0.418 e. The van der Waals surface area contributed by atoms with Crippen LogP contribution in [-0.2, 0) is 6.18 Å². The molecule has 0 spiro atoms. The monoisotopic (exact) mass is 420 g/mol. The van der Waals surface area contributed by atoms with E-state index in [0.29, 0.717) is 11.2 Å². The van der Waals surface area contributed by atoms with Gasteiger partial charge in [0.1, 0.15) is 0 Å². The van der Waals surface area contributed by atoms with E-state index in [1.54, 1.807) is 10.6 Å². The van der Waals surface area contributed by atoms with Crippen LogP contribution in [0.3, 0.4) is 0 Å². The van der Waals surface area contributed by atoms with E-state index in [0.717, 1.165) is 27.5 Å². The standard InChI is InChI=1S/C23H15F3N4O/c1-14-20(15-7-3-2-4-8-15)21-27-13-16-18(30(21)28-14)11-12-29(22(16)31)19-10-6-5-9-17(19)23(24,25)26/h2-13H,1H3. The van der Waals surface area contributed by atoms with Crippen molar-refractivity contribution >= 4 is 16.6 Å². The highest BCUT2D eigenvalue weighted by atomic mass is 19.4. The first kappa shape index (κ1) is 19.0. The van der Waals surface area contributed by atoms with Gasteiger partial charge >= 0.3 is 6.18 Å². The number of nitrogens with zero attached hydrogens (tertiary/aromatic N) is 4. The zero-order chi connectivity index (χ0) is 21.8. The summed E-state index contributed by atoms with van der Waals surface area (Å²) in [6.07, 6.45) is -1.85. The van der Waals surface area contributed by atoms with Gasteiger partial charge in [0, 0.05) is 18.0 Å². The number of rotatable bonds is 2. The minimum Gasteiger partial charge on any atom is -0.283 e. The van der Waals surface area contributed by atoms with E-state index in [1.807, 2.05) is 37.3 Å². The highest BCUT2D eigenvalue weighted by molar-refractivity contribution is 5.86. The molecule has 0 saturated heterocycles. The van der Waals surface area contributed by atoms with Crippen molar-refractivity contribution in [3.63, 3.8) is 0 Å². The van der Waals surface area contributed by atoms with Crippen LogP contribution < -0.4 is 5.56 Å². The number of alkyl halides is 3. The Morgan fingerprint density at radius 2 is 1.65 bits per heavy atom. The molecule has 3 heterocycles. The van der Waals surface area contributed by atoms with Crippen LogP contribution in [0.5, 0.6) is 0 Å². The molecule has 154 valence electrons. The lowest BCUT2D eigenvalue weighted by Gasteiger charge is -2.14. The van der Waals surface area contributed by atoms with Gasteiger partial charge in [-0.05, 0) is 30.7 Å². The Morgan fingerprint density at radius 1 is 0.935 bits per heavy atom. The van der Waals surface area contributed by atoms with Crippen molar-refractivity contribution in [2.24, 2.45) is 0 Å².